The number of rotatable bonds is 5. The summed E-state index contributed by atoms with van der Waals surface area (Å²) in [6.07, 6.45) is 4.28. The van der Waals surface area contributed by atoms with Crippen molar-refractivity contribution in [3.05, 3.63) is 11.6 Å². The lowest BCUT2D eigenvalue weighted by atomic mass is 10.1. The third kappa shape index (κ3) is 7.92. The van der Waals surface area contributed by atoms with Gasteiger partial charge in [0, 0.05) is 19.1 Å². The number of aliphatic imine (C=N–C) groups is 1. The van der Waals surface area contributed by atoms with E-state index in [-0.39, 0.29) is 24.0 Å². The van der Waals surface area contributed by atoms with Crippen LogP contribution in [0.25, 0.3) is 0 Å². The van der Waals surface area contributed by atoms with Crippen molar-refractivity contribution < 1.29 is 4.74 Å². The molecule has 5 heteroatoms. The fourth-order valence-corrected chi connectivity index (χ4v) is 1.70. The molecule has 0 amide bonds. The molecule has 0 spiro atoms. The maximum Gasteiger partial charge on any atom is 0.191 e. The molecule has 1 aliphatic rings. The van der Waals surface area contributed by atoms with Crippen LogP contribution in [0.4, 0.5) is 0 Å². The van der Waals surface area contributed by atoms with Crippen LogP contribution in [0.15, 0.2) is 16.6 Å². The summed E-state index contributed by atoms with van der Waals surface area (Å²) < 4.78 is 5.28. The third-order valence-corrected chi connectivity index (χ3v) is 2.53. The molecule has 0 aromatic carbocycles. The summed E-state index contributed by atoms with van der Waals surface area (Å²) in [6.45, 7) is 9.69. The van der Waals surface area contributed by atoms with Gasteiger partial charge in [0.15, 0.2) is 5.96 Å². The second-order valence-corrected chi connectivity index (χ2v) is 4.50. The molecule has 1 rings (SSSR count). The highest BCUT2D eigenvalue weighted by molar-refractivity contribution is 14.0. The van der Waals surface area contributed by atoms with Gasteiger partial charge in [0.2, 0.25) is 0 Å². The molecule has 0 fully saturated rings. The minimum atomic E-state index is 0. The Morgan fingerprint density at radius 2 is 2.28 bits per heavy atom. The first kappa shape index (κ1) is 17.7. The van der Waals surface area contributed by atoms with Crippen molar-refractivity contribution in [2.75, 3.05) is 26.3 Å². The van der Waals surface area contributed by atoms with Gasteiger partial charge in [-0.05, 0) is 33.6 Å². The van der Waals surface area contributed by atoms with E-state index in [0.29, 0.717) is 6.04 Å². The van der Waals surface area contributed by atoms with Crippen molar-refractivity contribution in [3.63, 3.8) is 0 Å². The Kier molecular flexibility index (Phi) is 10.4. The van der Waals surface area contributed by atoms with E-state index in [4.69, 9.17) is 4.74 Å². The standard InChI is InChI=1S/C13H25N3O.HI/c1-4-14-13(16-11(2)3)15-8-5-12-6-9-17-10-7-12;/h6,11H,4-5,7-10H2,1-3H3,(H2,14,15,16);1H. The predicted octanol–water partition coefficient (Wildman–Crippen LogP) is 2.30. The molecule has 1 aliphatic heterocycles. The maximum atomic E-state index is 5.28. The zero-order valence-electron chi connectivity index (χ0n) is 11.7. The van der Waals surface area contributed by atoms with Crippen molar-refractivity contribution in [1.29, 1.82) is 0 Å². The molecule has 0 aromatic heterocycles. The quantitative estimate of drug-likeness (QED) is 0.339. The van der Waals surface area contributed by atoms with Crippen molar-refractivity contribution in [2.45, 2.75) is 39.7 Å². The van der Waals surface area contributed by atoms with Gasteiger partial charge in [0.1, 0.15) is 0 Å². The fourth-order valence-electron chi connectivity index (χ4n) is 1.70. The Labute approximate surface area is 128 Å². The Bertz CT molecular complexity index is 277. The van der Waals surface area contributed by atoms with Gasteiger partial charge < -0.3 is 15.4 Å². The smallest absolute Gasteiger partial charge is 0.191 e. The Morgan fingerprint density at radius 1 is 1.50 bits per heavy atom. The van der Waals surface area contributed by atoms with Crippen LogP contribution in [-0.2, 0) is 4.74 Å². The van der Waals surface area contributed by atoms with Crippen molar-refractivity contribution >= 4 is 29.9 Å². The molecule has 106 valence electrons. The molecular weight excluding hydrogens is 341 g/mol. The van der Waals surface area contributed by atoms with Crippen molar-refractivity contribution in [1.82, 2.24) is 10.6 Å². The van der Waals surface area contributed by atoms with Crippen LogP contribution < -0.4 is 10.6 Å². The van der Waals surface area contributed by atoms with Crippen LogP contribution >= 0.6 is 24.0 Å². The van der Waals surface area contributed by atoms with Crippen LogP contribution in [0.3, 0.4) is 0 Å². The Balaban J connectivity index is 0.00000289. The van der Waals surface area contributed by atoms with Crippen LogP contribution in [0.5, 0.6) is 0 Å². The number of guanidine groups is 1. The van der Waals surface area contributed by atoms with Crippen molar-refractivity contribution in [2.24, 2.45) is 4.99 Å². The van der Waals surface area contributed by atoms with Crippen LogP contribution in [0, 0.1) is 0 Å². The van der Waals surface area contributed by atoms with E-state index in [9.17, 15) is 0 Å². The summed E-state index contributed by atoms with van der Waals surface area (Å²) in [5, 5.41) is 6.56. The van der Waals surface area contributed by atoms with E-state index in [2.05, 4.69) is 42.5 Å². The molecular formula is C13H26IN3O. The van der Waals surface area contributed by atoms with Crippen LogP contribution in [0.2, 0.25) is 0 Å². The molecule has 0 saturated carbocycles. The lowest BCUT2D eigenvalue weighted by molar-refractivity contribution is 0.153. The van der Waals surface area contributed by atoms with Gasteiger partial charge >= 0.3 is 0 Å². The topological polar surface area (TPSA) is 45.7 Å². The molecule has 0 aliphatic carbocycles. The predicted molar refractivity (Wildman–Crippen MR) is 87.8 cm³/mol. The average Bonchev–Trinajstić information content (AvgIpc) is 2.30. The molecule has 4 nitrogen and oxygen atoms in total. The highest BCUT2D eigenvalue weighted by Gasteiger charge is 2.03. The van der Waals surface area contributed by atoms with Gasteiger partial charge in [-0.15, -0.1) is 24.0 Å². The largest absolute Gasteiger partial charge is 0.377 e. The van der Waals surface area contributed by atoms with E-state index in [1.54, 1.807) is 0 Å². The molecule has 1 heterocycles. The second kappa shape index (κ2) is 10.6. The average molecular weight is 367 g/mol. The first-order valence-electron chi connectivity index (χ1n) is 6.53. The lowest BCUT2D eigenvalue weighted by Gasteiger charge is -2.15. The third-order valence-electron chi connectivity index (χ3n) is 2.53. The van der Waals surface area contributed by atoms with E-state index in [0.717, 1.165) is 45.1 Å². The molecule has 0 saturated heterocycles. The normalized spacial score (nSPS) is 16.0. The van der Waals surface area contributed by atoms with Gasteiger partial charge in [-0.25, -0.2) is 0 Å². The fraction of sp³-hybridized carbons (Fsp3) is 0.769. The monoisotopic (exact) mass is 367 g/mol. The van der Waals surface area contributed by atoms with Gasteiger partial charge in [-0.3, -0.25) is 4.99 Å². The molecule has 0 unspecified atom stereocenters. The SMILES string of the molecule is CCNC(=NCCC1=CCOCC1)NC(C)C.I. The Hall–Kier alpha value is -0.300. The van der Waals surface area contributed by atoms with E-state index in [1.165, 1.54) is 5.57 Å². The van der Waals surface area contributed by atoms with Gasteiger partial charge in [-0.1, -0.05) is 11.6 Å². The number of halogens is 1. The number of nitrogens with one attached hydrogen (secondary N) is 2. The molecule has 0 radical (unpaired) electrons. The molecule has 18 heavy (non-hydrogen) atoms. The van der Waals surface area contributed by atoms with Crippen molar-refractivity contribution in [3.8, 4) is 0 Å². The number of ether oxygens (including phenoxy) is 1. The molecule has 0 bridgehead atoms. The molecule has 0 atom stereocenters. The molecule has 2 N–H and O–H groups in total. The highest BCUT2D eigenvalue weighted by atomic mass is 127. The summed E-state index contributed by atoms with van der Waals surface area (Å²) in [5.74, 6) is 0.912. The summed E-state index contributed by atoms with van der Waals surface area (Å²) in [4.78, 5) is 4.56. The summed E-state index contributed by atoms with van der Waals surface area (Å²) in [7, 11) is 0. The minimum absolute atomic E-state index is 0. The number of nitrogens with zero attached hydrogens (tertiary/aromatic N) is 1. The number of hydrogen-bond acceptors (Lipinski definition) is 2. The van der Waals surface area contributed by atoms with Crippen LogP contribution in [0.1, 0.15) is 33.6 Å². The van der Waals surface area contributed by atoms with Gasteiger partial charge in [0.25, 0.3) is 0 Å². The highest BCUT2D eigenvalue weighted by Crippen LogP contribution is 2.11. The first-order valence-corrected chi connectivity index (χ1v) is 6.53. The van der Waals surface area contributed by atoms with E-state index < -0.39 is 0 Å². The zero-order chi connectivity index (χ0) is 12.5. The van der Waals surface area contributed by atoms with Gasteiger partial charge in [-0.2, -0.15) is 0 Å². The first-order chi connectivity index (χ1) is 8.22. The molecule has 0 aromatic rings. The van der Waals surface area contributed by atoms with Crippen LogP contribution in [-0.4, -0.2) is 38.3 Å². The van der Waals surface area contributed by atoms with Gasteiger partial charge in [0.05, 0.1) is 13.2 Å². The second-order valence-electron chi connectivity index (χ2n) is 4.50. The Morgan fingerprint density at radius 3 is 2.83 bits per heavy atom. The number of hydrogen-bond donors (Lipinski definition) is 2. The minimum Gasteiger partial charge on any atom is -0.377 e. The lowest BCUT2D eigenvalue weighted by Crippen LogP contribution is -2.41. The maximum absolute atomic E-state index is 5.28. The van der Waals surface area contributed by atoms with E-state index in [1.807, 2.05) is 0 Å². The summed E-state index contributed by atoms with van der Waals surface area (Å²) in [5.41, 5.74) is 1.47. The zero-order valence-corrected chi connectivity index (χ0v) is 14.0. The summed E-state index contributed by atoms with van der Waals surface area (Å²) >= 11 is 0. The van der Waals surface area contributed by atoms with E-state index >= 15 is 0 Å². The summed E-state index contributed by atoms with van der Waals surface area (Å²) in [6, 6.07) is 0.412.